The zero-order valence-corrected chi connectivity index (χ0v) is 12.2. The number of nitrogens with zero attached hydrogens (tertiary/aromatic N) is 1. The van der Waals surface area contributed by atoms with Gasteiger partial charge in [-0.3, -0.25) is 9.78 Å². The molecule has 0 fully saturated rings. The normalized spacial score (nSPS) is 11.3. The number of rotatable bonds is 5. The van der Waals surface area contributed by atoms with Crippen LogP contribution in [0.2, 0.25) is 0 Å². The lowest BCUT2D eigenvalue weighted by atomic mass is 9.95. The molecular weight excluding hydrogens is 280 g/mol. The number of halogens is 1. The highest BCUT2D eigenvalue weighted by molar-refractivity contribution is 9.09. The topological polar surface area (TPSA) is 42.0 Å². The molecule has 1 aromatic rings. The Balaban J connectivity index is 2.89. The van der Waals surface area contributed by atoms with Crippen molar-refractivity contribution >= 4 is 21.8 Å². The molecule has 0 bridgehead atoms. The molecule has 0 saturated carbocycles. The molecule has 94 valence electrons. The van der Waals surface area contributed by atoms with E-state index in [1.165, 1.54) is 0 Å². The lowest BCUT2D eigenvalue weighted by Gasteiger charge is -2.30. The molecular formula is C13H19BrN2O. The van der Waals surface area contributed by atoms with Crippen molar-refractivity contribution in [3.05, 3.63) is 29.6 Å². The molecule has 0 aliphatic carbocycles. The number of nitrogens with one attached hydrogen (secondary N) is 1. The summed E-state index contributed by atoms with van der Waals surface area (Å²) < 4.78 is 0. The number of alkyl halides is 1. The molecule has 3 nitrogen and oxygen atoms in total. The van der Waals surface area contributed by atoms with Crippen LogP contribution in [-0.4, -0.2) is 21.8 Å². The average molecular weight is 299 g/mol. The summed E-state index contributed by atoms with van der Waals surface area (Å²) in [6.45, 7) is 6.06. The second kappa shape index (κ2) is 6.15. The second-order valence-corrected chi connectivity index (χ2v) is 4.80. The smallest absolute Gasteiger partial charge is 0.270 e. The minimum absolute atomic E-state index is 0.0914. The van der Waals surface area contributed by atoms with Crippen LogP contribution in [0, 0.1) is 6.92 Å². The number of aryl methyl sites for hydroxylation is 1. The number of carbonyl (C=O) groups is 1. The lowest BCUT2D eigenvalue weighted by molar-refractivity contribution is 0.0898. The molecule has 1 aromatic heterocycles. The fraction of sp³-hybridized carbons (Fsp3) is 0.538. The van der Waals surface area contributed by atoms with Gasteiger partial charge in [0.2, 0.25) is 0 Å². The molecule has 1 rings (SSSR count). The van der Waals surface area contributed by atoms with E-state index in [4.69, 9.17) is 0 Å². The summed E-state index contributed by atoms with van der Waals surface area (Å²) in [6.07, 6.45) is 3.44. The van der Waals surface area contributed by atoms with Gasteiger partial charge >= 0.3 is 0 Å². The first kappa shape index (κ1) is 14.2. The van der Waals surface area contributed by atoms with Gasteiger partial charge in [0.1, 0.15) is 5.69 Å². The number of hydrogen-bond acceptors (Lipinski definition) is 2. The summed E-state index contributed by atoms with van der Waals surface area (Å²) in [5.74, 6) is -0.0914. The number of carbonyl (C=O) groups excluding carboxylic acids is 1. The fourth-order valence-electron chi connectivity index (χ4n) is 1.67. The van der Waals surface area contributed by atoms with E-state index in [-0.39, 0.29) is 11.4 Å². The van der Waals surface area contributed by atoms with Gasteiger partial charge in [0, 0.05) is 17.1 Å². The third-order valence-corrected chi connectivity index (χ3v) is 4.29. The molecule has 0 saturated heterocycles. The van der Waals surface area contributed by atoms with Crippen LogP contribution in [0.4, 0.5) is 0 Å². The van der Waals surface area contributed by atoms with Gasteiger partial charge in [-0.2, -0.15) is 0 Å². The Labute approximate surface area is 111 Å². The Kier molecular flexibility index (Phi) is 5.12. The van der Waals surface area contributed by atoms with Crippen molar-refractivity contribution < 1.29 is 4.79 Å². The molecule has 0 radical (unpaired) electrons. The Bertz CT molecular complexity index is 380. The predicted octanol–water partition coefficient (Wildman–Crippen LogP) is 3.07. The van der Waals surface area contributed by atoms with Gasteiger partial charge in [0.15, 0.2) is 0 Å². The molecule has 17 heavy (non-hydrogen) atoms. The van der Waals surface area contributed by atoms with Crippen molar-refractivity contribution in [2.24, 2.45) is 0 Å². The van der Waals surface area contributed by atoms with Crippen LogP contribution in [-0.2, 0) is 0 Å². The number of aromatic nitrogens is 1. The average Bonchev–Trinajstić information content (AvgIpc) is 2.36. The summed E-state index contributed by atoms with van der Waals surface area (Å²) in [5.41, 5.74) is 1.24. The molecule has 0 aromatic carbocycles. The minimum Gasteiger partial charge on any atom is -0.344 e. The maximum atomic E-state index is 12.2. The summed E-state index contributed by atoms with van der Waals surface area (Å²) in [4.78, 5) is 16.3. The molecule has 1 heterocycles. The first-order chi connectivity index (χ1) is 8.08. The van der Waals surface area contributed by atoms with E-state index in [0.717, 1.165) is 23.7 Å². The number of pyridine rings is 1. The van der Waals surface area contributed by atoms with Crippen molar-refractivity contribution in [2.45, 2.75) is 39.2 Å². The fourth-order valence-corrected chi connectivity index (χ4v) is 2.61. The third kappa shape index (κ3) is 3.28. The van der Waals surface area contributed by atoms with E-state index in [9.17, 15) is 4.79 Å². The number of hydrogen-bond donors (Lipinski definition) is 1. The number of amides is 1. The molecule has 0 unspecified atom stereocenters. The van der Waals surface area contributed by atoms with Crippen LogP contribution < -0.4 is 5.32 Å². The Morgan fingerprint density at radius 3 is 2.59 bits per heavy atom. The van der Waals surface area contributed by atoms with E-state index in [0.29, 0.717) is 5.69 Å². The van der Waals surface area contributed by atoms with Gasteiger partial charge in [-0.1, -0.05) is 35.8 Å². The summed E-state index contributed by atoms with van der Waals surface area (Å²) in [6, 6.07) is 3.74. The van der Waals surface area contributed by atoms with E-state index < -0.39 is 0 Å². The van der Waals surface area contributed by atoms with E-state index in [2.05, 4.69) is 40.1 Å². The van der Waals surface area contributed by atoms with E-state index in [1.54, 1.807) is 6.20 Å². The van der Waals surface area contributed by atoms with E-state index in [1.807, 2.05) is 19.1 Å². The Morgan fingerprint density at radius 1 is 1.47 bits per heavy atom. The molecule has 1 amide bonds. The maximum Gasteiger partial charge on any atom is 0.270 e. The standard InChI is InChI=1S/C13H19BrN2O/c1-4-13(5-2,9-14)16-12(17)11-10(3)7-6-8-15-11/h6-8H,4-5,9H2,1-3H3,(H,16,17). The summed E-state index contributed by atoms with van der Waals surface area (Å²) in [5, 5.41) is 3.84. The van der Waals surface area contributed by atoms with Gasteiger partial charge in [0.25, 0.3) is 5.91 Å². The van der Waals surface area contributed by atoms with Gasteiger partial charge < -0.3 is 5.32 Å². The predicted molar refractivity (Wildman–Crippen MR) is 73.5 cm³/mol. The van der Waals surface area contributed by atoms with Crippen molar-refractivity contribution in [1.29, 1.82) is 0 Å². The summed E-state index contributed by atoms with van der Waals surface area (Å²) >= 11 is 3.48. The van der Waals surface area contributed by atoms with Gasteiger partial charge in [-0.25, -0.2) is 0 Å². The maximum absolute atomic E-state index is 12.2. The van der Waals surface area contributed by atoms with Crippen LogP contribution in [0.15, 0.2) is 18.3 Å². The van der Waals surface area contributed by atoms with Crippen LogP contribution in [0.1, 0.15) is 42.7 Å². The van der Waals surface area contributed by atoms with Crippen molar-refractivity contribution in [1.82, 2.24) is 10.3 Å². The second-order valence-electron chi connectivity index (χ2n) is 4.24. The van der Waals surface area contributed by atoms with Crippen LogP contribution in [0.5, 0.6) is 0 Å². The first-order valence-corrected chi connectivity index (χ1v) is 7.00. The van der Waals surface area contributed by atoms with E-state index >= 15 is 0 Å². The lowest BCUT2D eigenvalue weighted by Crippen LogP contribution is -2.49. The molecule has 0 aliphatic heterocycles. The summed E-state index contributed by atoms with van der Waals surface area (Å²) in [7, 11) is 0. The first-order valence-electron chi connectivity index (χ1n) is 5.88. The molecule has 0 aliphatic rings. The van der Waals surface area contributed by atoms with Crippen LogP contribution in [0.3, 0.4) is 0 Å². The van der Waals surface area contributed by atoms with Gasteiger partial charge in [0.05, 0.1) is 0 Å². The third-order valence-electron chi connectivity index (χ3n) is 3.21. The van der Waals surface area contributed by atoms with Crippen LogP contribution >= 0.6 is 15.9 Å². The van der Waals surface area contributed by atoms with Crippen molar-refractivity contribution in [2.75, 3.05) is 5.33 Å². The highest BCUT2D eigenvalue weighted by Crippen LogP contribution is 2.19. The van der Waals surface area contributed by atoms with Gasteiger partial charge in [-0.15, -0.1) is 0 Å². The Morgan fingerprint density at radius 2 is 2.12 bits per heavy atom. The SMILES string of the molecule is CCC(CC)(CBr)NC(=O)c1ncccc1C. The highest BCUT2D eigenvalue weighted by atomic mass is 79.9. The van der Waals surface area contributed by atoms with Crippen molar-refractivity contribution in [3.8, 4) is 0 Å². The quantitative estimate of drug-likeness (QED) is 0.849. The zero-order chi connectivity index (χ0) is 12.9. The van der Waals surface area contributed by atoms with Gasteiger partial charge in [-0.05, 0) is 31.4 Å². The minimum atomic E-state index is -0.180. The highest BCUT2D eigenvalue weighted by Gasteiger charge is 2.27. The Hall–Kier alpha value is -0.900. The van der Waals surface area contributed by atoms with Crippen LogP contribution in [0.25, 0.3) is 0 Å². The monoisotopic (exact) mass is 298 g/mol. The van der Waals surface area contributed by atoms with Crippen molar-refractivity contribution in [3.63, 3.8) is 0 Å². The molecule has 0 spiro atoms. The largest absolute Gasteiger partial charge is 0.344 e. The molecule has 4 heteroatoms. The molecule has 0 atom stereocenters. The molecule has 1 N–H and O–H groups in total. The zero-order valence-electron chi connectivity index (χ0n) is 10.6.